The van der Waals surface area contributed by atoms with Crippen LogP contribution in [0.2, 0.25) is 5.02 Å². The van der Waals surface area contributed by atoms with E-state index >= 15 is 0 Å². The van der Waals surface area contributed by atoms with Crippen molar-refractivity contribution in [2.45, 2.75) is 32.8 Å². The third-order valence-corrected chi connectivity index (χ3v) is 3.59. The van der Waals surface area contributed by atoms with E-state index in [1.165, 1.54) is 23.2 Å². The van der Waals surface area contributed by atoms with Crippen LogP contribution in [-0.4, -0.2) is 42.2 Å². The number of alkyl carbamates (subject to hydrolysis) is 1. The fourth-order valence-corrected chi connectivity index (χ4v) is 2.63. The molecule has 1 fully saturated rings. The fourth-order valence-electron chi connectivity index (χ4n) is 2.37. The summed E-state index contributed by atoms with van der Waals surface area (Å²) >= 11 is 6.07. The quantitative estimate of drug-likeness (QED) is 0.903. The molecule has 0 radical (unpaired) electrons. The van der Waals surface area contributed by atoms with Crippen molar-refractivity contribution in [3.05, 3.63) is 29.0 Å². The summed E-state index contributed by atoms with van der Waals surface area (Å²) in [5.74, 6) is -0.730. The van der Waals surface area contributed by atoms with Crippen LogP contribution in [0.4, 0.5) is 14.9 Å². The number of carbonyl (C=O) groups excluding carboxylic acids is 2. The normalized spacial score (nSPS) is 14.7. The van der Waals surface area contributed by atoms with Gasteiger partial charge in [-0.3, -0.25) is 14.8 Å². The molecule has 0 aliphatic carbocycles. The minimum Gasteiger partial charge on any atom is -0.444 e. The molecule has 1 aromatic rings. The summed E-state index contributed by atoms with van der Waals surface area (Å²) < 4.78 is 18.3. The molecule has 8 heteroatoms. The number of nitrogens with one attached hydrogen (secondary N) is 1. The van der Waals surface area contributed by atoms with Gasteiger partial charge in [-0.15, -0.1) is 0 Å². The van der Waals surface area contributed by atoms with Crippen molar-refractivity contribution >= 4 is 29.3 Å². The highest BCUT2D eigenvalue weighted by molar-refractivity contribution is 6.33. The molecule has 2 rings (SSSR count). The molecule has 0 bridgehead atoms. The summed E-state index contributed by atoms with van der Waals surface area (Å²) in [5.41, 5.74) is -0.0739. The molecule has 1 heterocycles. The molecule has 1 saturated heterocycles. The van der Waals surface area contributed by atoms with Gasteiger partial charge in [0.1, 0.15) is 18.0 Å². The van der Waals surface area contributed by atoms with Crippen molar-refractivity contribution in [2.24, 2.45) is 0 Å². The number of halogens is 2. The maximum atomic E-state index is 13.2. The zero-order chi connectivity index (χ0) is 17.9. The van der Waals surface area contributed by atoms with Crippen molar-refractivity contribution < 1.29 is 18.7 Å². The molecule has 1 aromatic carbocycles. The van der Waals surface area contributed by atoms with Crippen molar-refractivity contribution in [3.63, 3.8) is 0 Å². The zero-order valence-corrected chi connectivity index (χ0v) is 14.7. The highest BCUT2D eigenvalue weighted by Gasteiger charge is 2.29. The third kappa shape index (κ3) is 4.74. The molecule has 132 valence electrons. The van der Waals surface area contributed by atoms with Crippen LogP contribution in [0.15, 0.2) is 18.2 Å². The SMILES string of the molecule is CC(C)(C)OC(=O)NCC(=O)N1CCCN1c1ccc(F)cc1Cl. The number of carbonyl (C=O) groups is 2. The minimum atomic E-state index is -0.651. The lowest BCUT2D eigenvalue weighted by molar-refractivity contribution is -0.129. The van der Waals surface area contributed by atoms with Gasteiger partial charge in [0, 0.05) is 13.1 Å². The Morgan fingerprint density at radius 2 is 2.04 bits per heavy atom. The second kappa shape index (κ2) is 7.25. The molecule has 0 unspecified atom stereocenters. The number of nitrogens with zero attached hydrogens (tertiary/aromatic N) is 2. The van der Waals surface area contributed by atoms with Gasteiger partial charge in [-0.1, -0.05) is 11.6 Å². The summed E-state index contributed by atoms with van der Waals surface area (Å²) in [6.07, 6.45) is 0.104. The summed E-state index contributed by atoms with van der Waals surface area (Å²) in [7, 11) is 0. The van der Waals surface area contributed by atoms with Crippen LogP contribution in [0.25, 0.3) is 0 Å². The molecule has 1 aliphatic heterocycles. The number of amides is 2. The topological polar surface area (TPSA) is 61.9 Å². The van der Waals surface area contributed by atoms with Crippen LogP contribution >= 0.6 is 11.6 Å². The first-order valence-electron chi connectivity index (χ1n) is 7.67. The highest BCUT2D eigenvalue weighted by atomic mass is 35.5. The first kappa shape index (κ1) is 18.3. The Bertz CT molecular complexity index is 633. The number of hydrogen-bond donors (Lipinski definition) is 1. The van der Waals surface area contributed by atoms with E-state index in [0.717, 1.165) is 6.42 Å². The predicted molar refractivity (Wildman–Crippen MR) is 89.3 cm³/mol. The van der Waals surface area contributed by atoms with E-state index in [9.17, 15) is 14.0 Å². The largest absolute Gasteiger partial charge is 0.444 e. The van der Waals surface area contributed by atoms with Gasteiger partial charge in [0.2, 0.25) is 0 Å². The van der Waals surface area contributed by atoms with E-state index < -0.39 is 17.5 Å². The molecular formula is C16H21ClFN3O3. The van der Waals surface area contributed by atoms with E-state index in [2.05, 4.69) is 5.32 Å². The Morgan fingerprint density at radius 3 is 2.67 bits per heavy atom. The number of benzene rings is 1. The van der Waals surface area contributed by atoms with E-state index in [-0.39, 0.29) is 17.5 Å². The van der Waals surface area contributed by atoms with Crippen LogP contribution in [0.1, 0.15) is 27.2 Å². The summed E-state index contributed by atoms with van der Waals surface area (Å²) in [6, 6.07) is 4.03. The van der Waals surface area contributed by atoms with Crippen molar-refractivity contribution in [1.82, 2.24) is 10.3 Å². The van der Waals surface area contributed by atoms with Gasteiger partial charge in [0.25, 0.3) is 5.91 Å². The Labute approximate surface area is 145 Å². The van der Waals surface area contributed by atoms with E-state index in [1.807, 2.05) is 0 Å². The predicted octanol–water partition coefficient (Wildman–Crippen LogP) is 2.96. The standard InChI is InChI=1S/C16H21ClFN3O3/c1-16(2,3)24-15(23)19-10-14(22)21-8-4-7-20(21)13-6-5-11(18)9-12(13)17/h5-6,9H,4,7-8,10H2,1-3H3,(H,19,23). The lowest BCUT2D eigenvalue weighted by atomic mass is 10.2. The van der Waals surface area contributed by atoms with Gasteiger partial charge in [-0.05, 0) is 45.4 Å². The van der Waals surface area contributed by atoms with Gasteiger partial charge >= 0.3 is 6.09 Å². The smallest absolute Gasteiger partial charge is 0.408 e. The maximum absolute atomic E-state index is 13.2. The third-order valence-electron chi connectivity index (χ3n) is 3.29. The fraction of sp³-hybridized carbons (Fsp3) is 0.500. The average molecular weight is 358 g/mol. The molecule has 0 spiro atoms. The highest BCUT2D eigenvalue weighted by Crippen LogP contribution is 2.30. The first-order chi connectivity index (χ1) is 11.2. The van der Waals surface area contributed by atoms with Crippen molar-refractivity contribution in [1.29, 1.82) is 0 Å². The Balaban J connectivity index is 1.99. The summed E-state index contributed by atoms with van der Waals surface area (Å²) in [5, 5.41) is 5.86. The lowest BCUT2D eigenvalue weighted by Crippen LogP contribution is -2.47. The second-order valence-electron chi connectivity index (χ2n) is 6.44. The van der Waals surface area contributed by atoms with Crippen molar-refractivity contribution in [2.75, 3.05) is 24.6 Å². The number of ether oxygens (including phenoxy) is 1. The number of hydrazine groups is 1. The number of hydrogen-bond acceptors (Lipinski definition) is 4. The van der Waals surface area contributed by atoms with Gasteiger partial charge in [0.15, 0.2) is 0 Å². The molecule has 1 N–H and O–H groups in total. The molecule has 0 atom stereocenters. The van der Waals surface area contributed by atoms with Crippen LogP contribution in [0, 0.1) is 5.82 Å². The monoisotopic (exact) mass is 357 g/mol. The molecule has 6 nitrogen and oxygen atoms in total. The Morgan fingerprint density at radius 1 is 1.33 bits per heavy atom. The van der Waals surface area contributed by atoms with E-state index in [1.54, 1.807) is 25.8 Å². The molecule has 0 aromatic heterocycles. The van der Waals surface area contributed by atoms with Crippen LogP contribution < -0.4 is 10.3 Å². The molecular weight excluding hydrogens is 337 g/mol. The summed E-state index contributed by atoms with van der Waals surface area (Å²) in [4.78, 5) is 24.0. The molecule has 24 heavy (non-hydrogen) atoms. The first-order valence-corrected chi connectivity index (χ1v) is 8.05. The van der Waals surface area contributed by atoms with Gasteiger partial charge in [-0.25, -0.2) is 9.18 Å². The molecule has 1 aliphatic rings. The van der Waals surface area contributed by atoms with Crippen LogP contribution in [-0.2, 0) is 9.53 Å². The molecule has 0 saturated carbocycles. The molecule has 2 amide bonds. The Hall–Kier alpha value is -2.02. The van der Waals surface area contributed by atoms with Gasteiger partial charge in [0.05, 0.1) is 10.7 Å². The van der Waals surface area contributed by atoms with Crippen LogP contribution in [0.5, 0.6) is 0 Å². The minimum absolute atomic E-state index is 0.190. The van der Waals surface area contributed by atoms with Gasteiger partial charge < -0.3 is 10.1 Å². The van der Waals surface area contributed by atoms with Crippen LogP contribution in [0.3, 0.4) is 0 Å². The zero-order valence-electron chi connectivity index (χ0n) is 13.9. The van der Waals surface area contributed by atoms with Crippen molar-refractivity contribution in [3.8, 4) is 0 Å². The maximum Gasteiger partial charge on any atom is 0.408 e. The second-order valence-corrected chi connectivity index (χ2v) is 6.85. The lowest BCUT2D eigenvalue weighted by Gasteiger charge is -2.30. The Kier molecular flexibility index (Phi) is 5.54. The number of anilines is 1. The number of rotatable bonds is 3. The van der Waals surface area contributed by atoms with Gasteiger partial charge in [-0.2, -0.15) is 0 Å². The average Bonchev–Trinajstić information content (AvgIpc) is 2.92. The summed E-state index contributed by atoms with van der Waals surface area (Å²) in [6.45, 7) is 6.13. The van der Waals surface area contributed by atoms with E-state index in [0.29, 0.717) is 18.8 Å². The van der Waals surface area contributed by atoms with E-state index in [4.69, 9.17) is 16.3 Å².